The number of aliphatic carboxylic acids is 1. The number of carbonyl (C=O) groups is 1. The smallest absolute Gasteiger partial charge is 0.333 e. The minimum atomic E-state index is -0.879. The van der Waals surface area contributed by atoms with E-state index < -0.39 is 5.97 Å². The first kappa shape index (κ1) is 16.1. The third-order valence-corrected chi connectivity index (χ3v) is 4.34. The first-order valence-electron chi connectivity index (χ1n) is 8.02. The minimum absolute atomic E-state index is 0.0331. The molecule has 1 aliphatic rings. The Balaban J connectivity index is 1.99. The Morgan fingerprint density at radius 1 is 1.25 bits per heavy atom. The van der Waals surface area contributed by atoms with Crippen molar-refractivity contribution in [2.45, 2.75) is 26.7 Å². The molecule has 1 atom stereocenters. The van der Waals surface area contributed by atoms with Crippen molar-refractivity contribution >= 4 is 11.7 Å². The van der Waals surface area contributed by atoms with Crippen LogP contribution < -0.4 is 0 Å². The molecule has 2 heterocycles. The van der Waals surface area contributed by atoms with Crippen molar-refractivity contribution in [2.24, 2.45) is 10.9 Å². The maximum atomic E-state index is 11.5. The van der Waals surface area contributed by atoms with Crippen LogP contribution in [0.2, 0.25) is 0 Å². The van der Waals surface area contributed by atoms with E-state index in [0.29, 0.717) is 17.7 Å². The number of nitrogens with zero attached hydrogens (tertiary/aromatic N) is 2. The van der Waals surface area contributed by atoms with Crippen molar-refractivity contribution in [3.8, 4) is 0 Å². The third kappa shape index (κ3) is 3.43. The maximum absolute atomic E-state index is 11.5. The van der Waals surface area contributed by atoms with Crippen molar-refractivity contribution < 1.29 is 9.90 Å². The van der Waals surface area contributed by atoms with Crippen LogP contribution in [-0.2, 0) is 11.2 Å². The summed E-state index contributed by atoms with van der Waals surface area (Å²) in [5.74, 6) is -0.846. The highest BCUT2D eigenvalue weighted by molar-refractivity contribution is 6.05. The number of aromatic nitrogens is 1. The van der Waals surface area contributed by atoms with Gasteiger partial charge >= 0.3 is 5.97 Å². The normalized spacial score (nSPS) is 17.6. The second-order valence-corrected chi connectivity index (χ2v) is 6.20. The highest BCUT2D eigenvalue weighted by Gasteiger charge is 2.28. The predicted octanol–water partition coefficient (Wildman–Crippen LogP) is 3.80. The van der Waals surface area contributed by atoms with Gasteiger partial charge in [0.1, 0.15) is 0 Å². The molecule has 0 bridgehead atoms. The minimum Gasteiger partial charge on any atom is -0.478 e. The molecule has 2 aromatic rings. The van der Waals surface area contributed by atoms with Crippen molar-refractivity contribution in [2.75, 3.05) is 0 Å². The second kappa shape index (κ2) is 6.79. The summed E-state index contributed by atoms with van der Waals surface area (Å²) in [5, 5.41) is 9.45. The SMILES string of the molecule is CC1=C(C(=O)O)CC(Cc2cccc(C)c2)C(c2cccnc2)=N1. The van der Waals surface area contributed by atoms with E-state index in [1.54, 1.807) is 19.3 Å². The molecule has 4 heteroatoms. The number of rotatable bonds is 4. The van der Waals surface area contributed by atoms with Gasteiger partial charge in [-0.05, 0) is 38.3 Å². The number of allylic oxidation sites excluding steroid dienone is 1. The fraction of sp³-hybridized carbons (Fsp3) is 0.250. The standard InChI is InChI=1S/C20H20N2O2/c1-13-5-3-6-15(9-13)10-17-11-18(20(23)24)14(2)22-19(17)16-7-4-8-21-12-16/h3-9,12,17H,10-11H2,1-2H3,(H,23,24). The largest absolute Gasteiger partial charge is 0.478 e. The summed E-state index contributed by atoms with van der Waals surface area (Å²) in [6.07, 6.45) is 4.78. The van der Waals surface area contributed by atoms with Crippen molar-refractivity contribution in [3.63, 3.8) is 0 Å². The maximum Gasteiger partial charge on any atom is 0.333 e. The molecule has 0 saturated carbocycles. The Morgan fingerprint density at radius 2 is 2.08 bits per heavy atom. The molecule has 1 aromatic heterocycles. The topological polar surface area (TPSA) is 62.5 Å². The van der Waals surface area contributed by atoms with Crippen LogP contribution >= 0.6 is 0 Å². The molecule has 0 fully saturated rings. The van der Waals surface area contributed by atoms with Gasteiger partial charge in [0.05, 0.1) is 11.3 Å². The Morgan fingerprint density at radius 3 is 2.75 bits per heavy atom. The van der Waals surface area contributed by atoms with Gasteiger partial charge in [-0.1, -0.05) is 35.9 Å². The van der Waals surface area contributed by atoms with Crippen molar-refractivity contribution in [1.82, 2.24) is 4.98 Å². The van der Waals surface area contributed by atoms with Gasteiger partial charge in [-0.15, -0.1) is 0 Å². The Hall–Kier alpha value is -2.75. The quantitative estimate of drug-likeness (QED) is 0.932. The van der Waals surface area contributed by atoms with Gasteiger partial charge in [0.25, 0.3) is 0 Å². The van der Waals surface area contributed by atoms with Gasteiger partial charge in [-0.25, -0.2) is 4.79 Å². The van der Waals surface area contributed by atoms with Crippen LogP contribution in [0.3, 0.4) is 0 Å². The summed E-state index contributed by atoms with van der Waals surface area (Å²) < 4.78 is 0. The Labute approximate surface area is 141 Å². The second-order valence-electron chi connectivity index (χ2n) is 6.20. The number of aryl methyl sites for hydroxylation is 1. The Bertz CT molecular complexity index is 823. The first-order chi connectivity index (χ1) is 11.5. The molecule has 122 valence electrons. The van der Waals surface area contributed by atoms with Crippen molar-refractivity contribution in [1.29, 1.82) is 0 Å². The van der Waals surface area contributed by atoms with Crippen LogP contribution in [0.4, 0.5) is 0 Å². The van der Waals surface area contributed by atoms with E-state index in [9.17, 15) is 9.90 Å². The number of aliphatic imine (C=N–C) groups is 1. The summed E-state index contributed by atoms with van der Waals surface area (Å²) >= 11 is 0. The van der Waals surface area contributed by atoms with Gasteiger partial charge in [-0.3, -0.25) is 9.98 Å². The van der Waals surface area contributed by atoms with E-state index >= 15 is 0 Å². The summed E-state index contributed by atoms with van der Waals surface area (Å²) in [6, 6.07) is 12.2. The first-order valence-corrected chi connectivity index (χ1v) is 8.02. The lowest BCUT2D eigenvalue weighted by Crippen LogP contribution is -2.25. The van der Waals surface area contributed by atoms with Crippen LogP contribution in [0.1, 0.15) is 30.0 Å². The van der Waals surface area contributed by atoms with E-state index in [4.69, 9.17) is 0 Å². The average molecular weight is 320 g/mol. The highest BCUT2D eigenvalue weighted by Crippen LogP contribution is 2.30. The molecule has 4 nitrogen and oxygen atoms in total. The summed E-state index contributed by atoms with van der Waals surface area (Å²) in [5.41, 5.74) is 5.27. The Kier molecular flexibility index (Phi) is 4.56. The molecule has 3 rings (SSSR count). The number of hydrogen-bond acceptors (Lipinski definition) is 3. The van der Waals surface area contributed by atoms with Crippen LogP contribution in [-0.4, -0.2) is 21.8 Å². The van der Waals surface area contributed by atoms with Crippen molar-refractivity contribution in [3.05, 3.63) is 76.8 Å². The van der Waals surface area contributed by atoms with E-state index in [1.807, 2.05) is 18.2 Å². The fourth-order valence-electron chi connectivity index (χ4n) is 3.18. The lowest BCUT2D eigenvalue weighted by Gasteiger charge is -2.25. The zero-order valence-corrected chi connectivity index (χ0v) is 13.9. The van der Waals surface area contributed by atoms with Gasteiger partial charge in [-0.2, -0.15) is 0 Å². The number of carboxylic acids is 1. The molecule has 1 aromatic carbocycles. The molecule has 1 N–H and O–H groups in total. The fourth-order valence-corrected chi connectivity index (χ4v) is 3.18. The molecule has 1 aliphatic heterocycles. The molecular formula is C20H20N2O2. The average Bonchev–Trinajstić information content (AvgIpc) is 2.57. The van der Waals surface area contributed by atoms with Gasteiger partial charge < -0.3 is 5.11 Å². The van der Waals surface area contributed by atoms with E-state index in [-0.39, 0.29) is 5.92 Å². The van der Waals surface area contributed by atoms with Crippen LogP contribution in [0.15, 0.2) is 65.1 Å². The number of carboxylic acid groups (broad SMARTS) is 1. The number of benzene rings is 1. The van der Waals surface area contributed by atoms with Gasteiger partial charge in [0.15, 0.2) is 0 Å². The molecule has 0 spiro atoms. The van der Waals surface area contributed by atoms with Gasteiger partial charge in [0.2, 0.25) is 0 Å². The summed E-state index contributed by atoms with van der Waals surface area (Å²) in [4.78, 5) is 20.3. The molecule has 1 unspecified atom stereocenters. The zero-order chi connectivity index (χ0) is 17.1. The van der Waals surface area contributed by atoms with E-state index in [2.05, 4.69) is 35.1 Å². The number of hydrogen-bond donors (Lipinski definition) is 1. The lowest BCUT2D eigenvalue weighted by molar-refractivity contribution is -0.133. The molecular weight excluding hydrogens is 300 g/mol. The van der Waals surface area contributed by atoms with Gasteiger partial charge in [0, 0.05) is 29.6 Å². The molecule has 0 amide bonds. The van der Waals surface area contributed by atoms with E-state index in [0.717, 1.165) is 17.7 Å². The van der Waals surface area contributed by atoms with Crippen LogP contribution in [0.25, 0.3) is 0 Å². The lowest BCUT2D eigenvalue weighted by atomic mass is 9.83. The van der Waals surface area contributed by atoms with E-state index in [1.165, 1.54) is 11.1 Å². The third-order valence-electron chi connectivity index (χ3n) is 4.34. The summed E-state index contributed by atoms with van der Waals surface area (Å²) in [6.45, 7) is 3.83. The zero-order valence-electron chi connectivity index (χ0n) is 13.9. The summed E-state index contributed by atoms with van der Waals surface area (Å²) in [7, 11) is 0. The molecule has 0 aliphatic carbocycles. The molecule has 0 radical (unpaired) electrons. The predicted molar refractivity (Wildman–Crippen MR) is 94.1 cm³/mol. The van der Waals surface area contributed by atoms with Crippen LogP contribution in [0, 0.1) is 12.8 Å². The highest BCUT2D eigenvalue weighted by atomic mass is 16.4. The monoisotopic (exact) mass is 320 g/mol. The molecule has 0 saturated heterocycles. The number of pyridine rings is 1. The molecule has 24 heavy (non-hydrogen) atoms. The van der Waals surface area contributed by atoms with Crippen LogP contribution in [0.5, 0.6) is 0 Å².